The number of rotatable bonds is 4. The Morgan fingerprint density at radius 1 is 1.00 bits per heavy atom. The summed E-state index contributed by atoms with van der Waals surface area (Å²) in [6.07, 6.45) is -4.48. The minimum atomic E-state index is -4.48. The van der Waals surface area contributed by atoms with Crippen LogP contribution in [0.1, 0.15) is 43.7 Å². The van der Waals surface area contributed by atoms with E-state index in [0.29, 0.717) is 0 Å². The minimum absolute atomic E-state index is 0.0326. The fourth-order valence-electron chi connectivity index (χ4n) is 3.42. The number of aromatic nitrogens is 2. The van der Waals surface area contributed by atoms with E-state index in [0.717, 1.165) is 17.7 Å². The Morgan fingerprint density at radius 2 is 1.66 bits per heavy atom. The molecule has 1 fully saturated rings. The highest BCUT2D eigenvalue weighted by Crippen LogP contribution is 2.34. The van der Waals surface area contributed by atoms with E-state index in [2.05, 4.69) is 30.9 Å². The van der Waals surface area contributed by atoms with Gasteiger partial charge in [0, 0.05) is 18.7 Å². The molecular weight excluding hydrogens is 443 g/mol. The Balaban J connectivity index is 1.46. The lowest BCUT2D eigenvalue weighted by Crippen LogP contribution is -2.48. The lowest BCUT2D eigenvalue weighted by atomic mass is 9.87. The molecule has 6 nitrogen and oxygen atoms in total. The maximum atomic E-state index is 12.9. The molecule has 1 aromatic heterocycles. The molecule has 0 spiro atoms. The number of hydrogen-bond donors (Lipinski definition) is 0. The molecule has 0 atom stereocenters. The smallest absolute Gasteiger partial charge is 0.339 e. The molecule has 0 unspecified atom stereocenters. The summed E-state index contributed by atoms with van der Waals surface area (Å²) in [5, 5.41) is 3.77. The van der Waals surface area contributed by atoms with Crippen LogP contribution in [0.3, 0.4) is 0 Å². The molecule has 4 rings (SSSR count). The molecule has 0 amide bonds. The van der Waals surface area contributed by atoms with Crippen LogP contribution in [0.15, 0.2) is 57.9 Å². The Morgan fingerprint density at radius 3 is 2.25 bits per heavy atom. The van der Waals surface area contributed by atoms with Crippen molar-refractivity contribution >= 4 is 10.0 Å². The second-order valence-electron chi connectivity index (χ2n) is 8.83. The molecule has 0 bridgehead atoms. The van der Waals surface area contributed by atoms with Gasteiger partial charge in [-0.1, -0.05) is 50.2 Å². The number of hydrogen-bond acceptors (Lipinski definition) is 5. The first-order valence-electron chi connectivity index (χ1n) is 9.97. The average molecular weight is 465 g/mol. The van der Waals surface area contributed by atoms with Crippen LogP contribution in [0.4, 0.5) is 13.2 Å². The van der Waals surface area contributed by atoms with Gasteiger partial charge in [0.25, 0.3) is 0 Å². The Labute approximate surface area is 184 Å². The zero-order chi connectivity index (χ0) is 23.3. The number of nitrogens with zero attached hydrogens (tertiary/aromatic N) is 3. The third-order valence-corrected chi connectivity index (χ3v) is 7.29. The molecule has 3 aromatic rings. The molecule has 0 aliphatic carbocycles. The van der Waals surface area contributed by atoms with Gasteiger partial charge in [-0.05, 0) is 35.2 Å². The van der Waals surface area contributed by atoms with Crippen LogP contribution in [0.25, 0.3) is 11.4 Å². The maximum absolute atomic E-state index is 12.9. The molecule has 10 heteroatoms. The summed E-state index contributed by atoms with van der Waals surface area (Å²) in [6.45, 7) is 6.47. The summed E-state index contributed by atoms with van der Waals surface area (Å²) in [5.74, 6) is -0.0807. The lowest BCUT2D eigenvalue weighted by Gasteiger charge is -2.35. The Hall–Kier alpha value is -2.72. The van der Waals surface area contributed by atoms with Crippen LogP contribution in [-0.2, 0) is 21.6 Å². The summed E-state index contributed by atoms with van der Waals surface area (Å²) in [5.41, 5.74) is 0.322. The van der Waals surface area contributed by atoms with Gasteiger partial charge < -0.3 is 4.52 Å². The van der Waals surface area contributed by atoms with Gasteiger partial charge in [0.1, 0.15) is 0 Å². The second kappa shape index (κ2) is 7.70. The summed E-state index contributed by atoms with van der Waals surface area (Å²) in [6, 6.07) is 11.5. The predicted molar refractivity (Wildman–Crippen MR) is 111 cm³/mol. The standard InChI is InChI=1S/C22H22F3N3O3S/c1-21(2,3)16-7-9-18(10-8-16)32(29,30)28-12-15(13-28)20-26-19(27-31-20)14-5-4-6-17(11-14)22(23,24)25/h4-11,15H,12-13H2,1-3H3. The third-order valence-electron chi connectivity index (χ3n) is 5.45. The van der Waals surface area contributed by atoms with Crippen LogP contribution >= 0.6 is 0 Å². The van der Waals surface area contributed by atoms with E-state index in [4.69, 9.17) is 4.52 Å². The molecule has 1 saturated heterocycles. The molecule has 0 radical (unpaired) electrons. The van der Waals surface area contributed by atoms with Crippen molar-refractivity contribution < 1.29 is 26.1 Å². The molecule has 2 aromatic carbocycles. The highest BCUT2D eigenvalue weighted by molar-refractivity contribution is 7.89. The number of alkyl halides is 3. The first kappa shape index (κ1) is 22.5. The number of sulfonamides is 1. The second-order valence-corrected chi connectivity index (χ2v) is 10.8. The average Bonchev–Trinajstić information content (AvgIpc) is 3.15. The van der Waals surface area contributed by atoms with E-state index in [-0.39, 0.29) is 46.6 Å². The molecule has 0 N–H and O–H groups in total. The monoisotopic (exact) mass is 465 g/mol. The molecule has 0 saturated carbocycles. The Kier molecular flexibility index (Phi) is 5.41. The van der Waals surface area contributed by atoms with Gasteiger partial charge in [-0.15, -0.1) is 0 Å². The van der Waals surface area contributed by atoms with Gasteiger partial charge >= 0.3 is 6.18 Å². The van der Waals surface area contributed by atoms with Crippen molar-refractivity contribution in [2.75, 3.05) is 13.1 Å². The minimum Gasteiger partial charge on any atom is -0.339 e. The summed E-state index contributed by atoms with van der Waals surface area (Å²) in [4.78, 5) is 4.39. The third kappa shape index (κ3) is 4.29. The molecule has 170 valence electrons. The zero-order valence-electron chi connectivity index (χ0n) is 17.7. The Bertz CT molecular complexity index is 1220. The zero-order valence-corrected chi connectivity index (χ0v) is 18.5. The molecule has 32 heavy (non-hydrogen) atoms. The maximum Gasteiger partial charge on any atom is 0.416 e. The fraction of sp³-hybridized carbons (Fsp3) is 0.364. The lowest BCUT2D eigenvalue weighted by molar-refractivity contribution is -0.137. The van der Waals surface area contributed by atoms with Crippen molar-refractivity contribution in [3.63, 3.8) is 0 Å². The van der Waals surface area contributed by atoms with Crippen molar-refractivity contribution in [2.24, 2.45) is 0 Å². The quantitative estimate of drug-likeness (QED) is 0.551. The van der Waals surface area contributed by atoms with Crippen LogP contribution < -0.4 is 0 Å². The molecule has 1 aliphatic rings. The summed E-state index contributed by atoms with van der Waals surface area (Å²) >= 11 is 0. The van der Waals surface area contributed by atoms with Crippen molar-refractivity contribution in [3.8, 4) is 11.4 Å². The normalized spacial score (nSPS) is 16.2. The molecule has 2 heterocycles. The van der Waals surface area contributed by atoms with E-state index in [1.165, 1.54) is 16.4 Å². The highest BCUT2D eigenvalue weighted by atomic mass is 32.2. The van der Waals surface area contributed by atoms with Crippen LogP contribution in [0, 0.1) is 0 Å². The van der Waals surface area contributed by atoms with E-state index >= 15 is 0 Å². The van der Waals surface area contributed by atoms with Crippen molar-refractivity contribution in [2.45, 2.75) is 43.2 Å². The van der Waals surface area contributed by atoms with Crippen LogP contribution in [0.5, 0.6) is 0 Å². The van der Waals surface area contributed by atoms with E-state index in [1.807, 2.05) is 12.1 Å². The van der Waals surface area contributed by atoms with Gasteiger partial charge in [0.2, 0.25) is 21.7 Å². The summed E-state index contributed by atoms with van der Waals surface area (Å²) < 4.78 is 71.0. The van der Waals surface area contributed by atoms with E-state index in [1.54, 1.807) is 12.1 Å². The van der Waals surface area contributed by atoms with Gasteiger partial charge in [0.15, 0.2) is 0 Å². The SMILES string of the molecule is CC(C)(C)c1ccc(S(=O)(=O)N2CC(c3nc(-c4cccc(C(F)(F)F)c4)no3)C2)cc1. The van der Waals surface area contributed by atoms with Gasteiger partial charge in [-0.3, -0.25) is 0 Å². The first-order valence-corrected chi connectivity index (χ1v) is 11.4. The highest BCUT2D eigenvalue weighted by Gasteiger charge is 2.40. The topological polar surface area (TPSA) is 76.3 Å². The van der Waals surface area contributed by atoms with Crippen LogP contribution in [-0.4, -0.2) is 36.0 Å². The van der Waals surface area contributed by atoms with Gasteiger partial charge in [0.05, 0.1) is 16.4 Å². The van der Waals surface area contributed by atoms with Gasteiger partial charge in [-0.25, -0.2) is 8.42 Å². The fourth-order valence-corrected chi connectivity index (χ4v) is 4.95. The van der Waals surface area contributed by atoms with Gasteiger partial charge in [-0.2, -0.15) is 22.5 Å². The van der Waals surface area contributed by atoms with Crippen molar-refractivity contribution in [1.82, 2.24) is 14.4 Å². The molecule has 1 aliphatic heterocycles. The first-order chi connectivity index (χ1) is 14.9. The molecular formula is C22H22F3N3O3S. The van der Waals surface area contributed by atoms with E-state index < -0.39 is 21.8 Å². The van der Waals surface area contributed by atoms with Crippen LogP contribution in [0.2, 0.25) is 0 Å². The van der Waals surface area contributed by atoms with Crippen molar-refractivity contribution in [1.29, 1.82) is 0 Å². The largest absolute Gasteiger partial charge is 0.416 e. The van der Waals surface area contributed by atoms with Crippen molar-refractivity contribution in [3.05, 3.63) is 65.5 Å². The number of benzene rings is 2. The van der Waals surface area contributed by atoms with E-state index in [9.17, 15) is 21.6 Å². The predicted octanol–water partition coefficient (Wildman–Crippen LogP) is 4.84. The summed E-state index contributed by atoms with van der Waals surface area (Å²) in [7, 11) is -3.65. The number of halogens is 3.